The van der Waals surface area contributed by atoms with E-state index in [1.807, 2.05) is 13.8 Å². The molecule has 2 rings (SSSR count). The highest BCUT2D eigenvalue weighted by Gasteiger charge is 2.27. The summed E-state index contributed by atoms with van der Waals surface area (Å²) in [4.78, 5) is 13.5. The standard InChI is InChI=1S/C14H24N4O3/c1-9(2)21-14(20)17-6-4-11(5-7-17)18-13(15)12(8-16-18)10(3)19/h8-11,19H,4-7,15H2,1-3H3. The molecular weight excluding hydrogens is 272 g/mol. The van der Waals surface area contributed by atoms with E-state index in [2.05, 4.69) is 5.10 Å². The van der Waals surface area contributed by atoms with Crippen LogP contribution in [-0.4, -0.2) is 45.1 Å². The lowest BCUT2D eigenvalue weighted by Gasteiger charge is -2.32. The maximum absolute atomic E-state index is 11.8. The summed E-state index contributed by atoms with van der Waals surface area (Å²) in [6.07, 6.45) is 2.17. The fourth-order valence-corrected chi connectivity index (χ4v) is 2.57. The van der Waals surface area contributed by atoms with E-state index < -0.39 is 6.10 Å². The summed E-state index contributed by atoms with van der Waals surface area (Å²) < 4.78 is 6.95. The van der Waals surface area contributed by atoms with Crippen LogP contribution in [0.15, 0.2) is 6.20 Å². The van der Waals surface area contributed by atoms with Crippen molar-refractivity contribution < 1.29 is 14.6 Å². The van der Waals surface area contributed by atoms with E-state index in [1.165, 1.54) is 0 Å². The van der Waals surface area contributed by atoms with Gasteiger partial charge in [-0.15, -0.1) is 0 Å². The lowest BCUT2D eigenvalue weighted by molar-refractivity contribution is 0.0655. The first-order chi connectivity index (χ1) is 9.90. The molecule has 0 aromatic carbocycles. The predicted molar refractivity (Wildman–Crippen MR) is 78.7 cm³/mol. The molecule has 1 unspecified atom stereocenters. The van der Waals surface area contributed by atoms with Crippen LogP contribution < -0.4 is 5.73 Å². The molecule has 1 aliphatic heterocycles. The number of hydrogen-bond donors (Lipinski definition) is 2. The van der Waals surface area contributed by atoms with Crippen molar-refractivity contribution in [1.29, 1.82) is 0 Å². The second kappa shape index (κ2) is 6.34. The summed E-state index contributed by atoms with van der Waals surface area (Å²) in [6, 6.07) is 0.153. The quantitative estimate of drug-likeness (QED) is 0.885. The number of carbonyl (C=O) groups excluding carboxylic acids is 1. The summed E-state index contributed by atoms with van der Waals surface area (Å²) >= 11 is 0. The van der Waals surface area contributed by atoms with Gasteiger partial charge in [0.25, 0.3) is 0 Å². The third-order valence-corrected chi connectivity index (χ3v) is 3.72. The first-order valence-corrected chi connectivity index (χ1v) is 7.36. The maximum Gasteiger partial charge on any atom is 0.410 e. The van der Waals surface area contributed by atoms with Gasteiger partial charge in [-0.1, -0.05) is 0 Å². The van der Waals surface area contributed by atoms with E-state index in [-0.39, 0.29) is 18.2 Å². The molecule has 21 heavy (non-hydrogen) atoms. The smallest absolute Gasteiger partial charge is 0.410 e. The first-order valence-electron chi connectivity index (χ1n) is 7.36. The number of rotatable bonds is 3. The van der Waals surface area contributed by atoms with Crippen LogP contribution in [0.5, 0.6) is 0 Å². The number of hydrogen-bond acceptors (Lipinski definition) is 5. The number of anilines is 1. The Morgan fingerprint density at radius 2 is 2.05 bits per heavy atom. The van der Waals surface area contributed by atoms with Crippen molar-refractivity contribution in [3.8, 4) is 0 Å². The highest BCUT2D eigenvalue weighted by atomic mass is 16.6. The van der Waals surface area contributed by atoms with Gasteiger partial charge in [-0.2, -0.15) is 5.10 Å². The molecule has 0 spiro atoms. The van der Waals surface area contributed by atoms with Crippen LogP contribution in [0.25, 0.3) is 0 Å². The van der Waals surface area contributed by atoms with Crippen LogP contribution in [0, 0.1) is 0 Å². The highest BCUT2D eigenvalue weighted by Crippen LogP contribution is 2.28. The number of nitrogen functional groups attached to an aromatic ring is 1. The third-order valence-electron chi connectivity index (χ3n) is 3.72. The Morgan fingerprint density at radius 1 is 1.43 bits per heavy atom. The fraction of sp³-hybridized carbons (Fsp3) is 0.714. The largest absolute Gasteiger partial charge is 0.447 e. The number of nitrogens with two attached hydrogens (primary N) is 1. The molecule has 0 aliphatic carbocycles. The predicted octanol–water partition coefficient (Wildman–Crippen LogP) is 1.70. The summed E-state index contributed by atoms with van der Waals surface area (Å²) in [5.74, 6) is 0.508. The zero-order valence-corrected chi connectivity index (χ0v) is 12.8. The van der Waals surface area contributed by atoms with Gasteiger partial charge in [-0.3, -0.25) is 0 Å². The molecule has 1 atom stereocenters. The first kappa shape index (κ1) is 15.6. The number of carbonyl (C=O) groups is 1. The molecule has 1 amide bonds. The number of nitrogens with zero attached hydrogens (tertiary/aromatic N) is 3. The zero-order chi connectivity index (χ0) is 15.6. The van der Waals surface area contributed by atoms with E-state index in [0.29, 0.717) is 24.5 Å². The highest BCUT2D eigenvalue weighted by molar-refractivity contribution is 5.67. The van der Waals surface area contributed by atoms with Gasteiger partial charge in [0.05, 0.1) is 24.4 Å². The third kappa shape index (κ3) is 3.47. The SMILES string of the molecule is CC(C)OC(=O)N1CCC(n2ncc(C(C)O)c2N)CC1. The molecule has 1 saturated heterocycles. The van der Waals surface area contributed by atoms with Crippen molar-refractivity contribution in [1.82, 2.24) is 14.7 Å². The Morgan fingerprint density at radius 3 is 2.52 bits per heavy atom. The van der Waals surface area contributed by atoms with Gasteiger partial charge in [0.1, 0.15) is 5.82 Å². The minimum absolute atomic E-state index is 0.106. The lowest BCUT2D eigenvalue weighted by atomic mass is 10.1. The summed E-state index contributed by atoms with van der Waals surface area (Å²) in [5.41, 5.74) is 6.68. The van der Waals surface area contributed by atoms with E-state index in [1.54, 1.807) is 22.7 Å². The van der Waals surface area contributed by atoms with Crippen LogP contribution in [-0.2, 0) is 4.74 Å². The van der Waals surface area contributed by atoms with Crippen LogP contribution in [0.3, 0.4) is 0 Å². The summed E-state index contributed by atoms with van der Waals surface area (Å²) in [7, 11) is 0. The van der Waals surface area contributed by atoms with E-state index in [9.17, 15) is 9.90 Å². The molecule has 7 heteroatoms. The normalized spacial score (nSPS) is 18.0. The average Bonchev–Trinajstić information content (AvgIpc) is 2.80. The molecule has 2 heterocycles. The second-order valence-electron chi connectivity index (χ2n) is 5.76. The van der Waals surface area contributed by atoms with E-state index in [0.717, 1.165) is 12.8 Å². The number of amides is 1. The van der Waals surface area contributed by atoms with E-state index in [4.69, 9.17) is 10.5 Å². The topological polar surface area (TPSA) is 93.6 Å². The Hall–Kier alpha value is -1.76. The van der Waals surface area contributed by atoms with Crippen molar-refractivity contribution in [2.45, 2.75) is 51.9 Å². The van der Waals surface area contributed by atoms with Crippen LogP contribution >= 0.6 is 0 Å². The minimum atomic E-state index is -0.625. The number of likely N-dealkylation sites (tertiary alicyclic amines) is 1. The van der Waals surface area contributed by atoms with Gasteiger partial charge in [-0.25, -0.2) is 9.48 Å². The number of aliphatic hydroxyl groups is 1. The molecule has 1 aromatic rings. The van der Waals surface area contributed by atoms with Crippen molar-refractivity contribution in [2.75, 3.05) is 18.8 Å². The second-order valence-corrected chi connectivity index (χ2v) is 5.76. The number of aliphatic hydroxyl groups excluding tert-OH is 1. The maximum atomic E-state index is 11.8. The molecule has 7 nitrogen and oxygen atoms in total. The molecule has 0 bridgehead atoms. The van der Waals surface area contributed by atoms with Crippen LogP contribution in [0.4, 0.5) is 10.6 Å². The molecule has 118 valence electrons. The van der Waals surface area contributed by atoms with Gasteiger partial charge in [0.2, 0.25) is 0 Å². The van der Waals surface area contributed by atoms with Gasteiger partial charge >= 0.3 is 6.09 Å². The van der Waals surface area contributed by atoms with Gasteiger partial charge < -0.3 is 20.5 Å². The summed E-state index contributed by atoms with van der Waals surface area (Å²) in [5, 5.41) is 13.9. The van der Waals surface area contributed by atoms with Crippen molar-refractivity contribution in [3.63, 3.8) is 0 Å². The molecule has 3 N–H and O–H groups in total. The van der Waals surface area contributed by atoms with Gasteiger partial charge in [0.15, 0.2) is 0 Å². The minimum Gasteiger partial charge on any atom is -0.447 e. The van der Waals surface area contributed by atoms with Crippen LogP contribution in [0.2, 0.25) is 0 Å². The molecular formula is C14H24N4O3. The van der Waals surface area contributed by atoms with Crippen LogP contribution in [0.1, 0.15) is 51.3 Å². The van der Waals surface area contributed by atoms with Crippen molar-refractivity contribution in [2.24, 2.45) is 0 Å². The zero-order valence-electron chi connectivity index (χ0n) is 12.8. The van der Waals surface area contributed by atoms with Gasteiger partial charge in [0, 0.05) is 18.7 Å². The van der Waals surface area contributed by atoms with Crippen molar-refractivity contribution >= 4 is 11.9 Å². The Labute approximate surface area is 124 Å². The number of ether oxygens (including phenoxy) is 1. The molecule has 0 saturated carbocycles. The number of piperidine rings is 1. The molecule has 1 aliphatic rings. The van der Waals surface area contributed by atoms with Gasteiger partial charge in [-0.05, 0) is 33.6 Å². The lowest BCUT2D eigenvalue weighted by Crippen LogP contribution is -2.40. The molecule has 1 fully saturated rings. The molecule has 1 aromatic heterocycles. The molecule has 0 radical (unpaired) electrons. The Kier molecular flexibility index (Phi) is 4.72. The Balaban J connectivity index is 1.97. The average molecular weight is 296 g/mol. The van der Waals surface area contributed by atoms with E-state index >= 15 is 0 Å². The summed E-state index contributed by atoms with van der Waals surface area (Å²) in [6.45, 7) is 6.60. The fourth-order valence-electron chi connectivity index (χ4n) is 2.57. The Bertz CT molecular complexity index is 490. The number of aromatic nitrogens is 2. The monoisotopic (exact) mass is 296 g/mol. The van der Waals surface area contributed by atoms with Crippen molar-refractivity contribution in [3.05, 3.63) is 11.8 Å².